The second kappa shape index (κ2) is 7.38. The van der Waals surface area contributed by atoms with E-state index in [1.54, 1.807) is 4.90 Å². The van der Waals surface area contributed by atoms with Gasteiger partial charge in [-0.05, 0) is 12.0 Å². The van der Waals surface area contributed by atoms with E-state index in [9.17, 15) is 14.9 Å². The van der Waals surface area contributed by atoms with Crippen molar-refractivity contribution in [1.29, 1.82) is 0 Å². The second-order valence-corrected chi connectivity index (χ2v) is 5.58. The van der Waals surface area contributed by atoms with Crippen LogP contribution >= 0.6 is 0 Å². The molecular weight excluding hydrogens is 302 g/mol. The molecule has 0 saturated heterocycles. The first-order valence-electron chi connectivity index (χ1n) is 7.50. The molecule has 1 aliphatic heterocycles. The first-order chi connectivity index (χ1) is 11.0. The van der Waals surface area contributed by atoms with Gasteiger partial charge in [0, 0.05) is 19.2 Å². The molecule has 0 aliphatic carbocycles. The fourth-order valence-corrected chi connectivity index (χ4v) is 2.39. The van der Waals surface area contributed by atoms with Crippen LogP contribution in [-0.4, -0.2) is 43.2 Å². The van der Waals surface area contributed by atoms with E-state index in [4.69, 9.17) is 15.2 Å². The van der Waals surface area contributed by atoms with Crippen molar-refractivity contribution in [3.05, 3.63) is 28.3 Å². The second-order valence-electron chi connectivity index (χ2n) is 5.58. The van der Waals surface area contributed by atoms with Crippen LogP contribution in [0.25, 0.3) is 0 Å². The Balaban J connectivity index is 2.29. The predicted octanol–water partition coefficient (Wildman–Crippen LogP) is 1.32. The highest BCUT2D eigenvalue weighted by molar-refractivity contribution is 6.00. The Kier molecular flexibility index (Phi) is 5.51. The number of benzene rings is 1. The van der Waals surface area contributed by atoms with Crippen LogP contribution in [0.3, 0.4) is 0 Å². The van der Waals surface area contributed by atoms with Crippen LogP contribution in [0.1, 0.15) is 13.8 Å². The van der Waals surface area contributed by atoms with Crippen LogP contribution < -0.4 is 15.4 Å². The first-order valence-corrected chi connectivity index (χ1v) is 7.50. The highest BCUT2D eigenvalue weighted by atomic mass is 16.6. The number of carbonyl (C=O) groups is 1. The number of nitrogens with zero attached hydrogens (tertiary/aromatic N) is 2. The summed E-state index contributed by atoms with van der Waals surface area (Å²) in [6.07, 6.45) is -0.668. The van der Waals surface area contributed by atoms with Gasteiger partial charge in [0.05, 0.1) is 29.9 Å². The molecule has 8 heteroatoms. The molecule has 8 nitrogen and oxygen atoms in total. The average molecular weight is 323 g/mol. The van der Waals surface area contributed by atoms with Crippen molar-refractivity contribution in [2.24, 2.45) is 11.7 Å². The van der Waals surface area contributed by atoms with E-state index < -0.39 is 11.0 Å². The van der Waals surface area contributed by atoms with Crippen LogP contribution in [0.4, 0.5) is 11.4 Å². The monoisotopic (exact) mass is 323 g/mol. The van der Waals surface area contributed by atoms with Crippen LogP contribution in [0.15, 0.2) is 18.2 Å². The Morgan fingerprint density at radius 3 is 2.78 bits per heavy atom. The number of nitrogens with two attached hydrogens (primary N) is 1. The van der Waals surface area contributed by atoms with Gasteiger partial charge in [0.1, 0.15) is 0 Å². The molecule has 0 fully saturated rings. The molecule has 1 heterocycles. The molecular formula is C15H21N3O5. The summed E-state index contributed by atoms with van der Waals surface area (Å²) in [5.41, 5.74) is 5.82. The molecule has 126 valence electrons. The zero-order chi connectivity index (χ0) is 17.0. The summed E-state index contributed by atoms with van der Waals surface area (Å²) >= 11 is 0. The minimum Gasteiger partial charge on any atom is -0.478 e. The zero-order valence-corrected chi connectivity index (χ0v) is 13.2. The van der Waals surface area contributed by atoms with Crippen LogP contribution in [0.2, 0.25) is 0 Å². The highest BCUT2D eigenvalue weighted by Gasteiger charge is 2.36. The number of ether oxygens (including phenoxy) is 2. The van der Waals surface area contributed by atoms with E-state index in [0.29, 0.717) is 37.7 Å². The molecule has 2 N–H and O–H groups in total. The molecule has 1 aliphatic rings. The minimum absolute atomic E-state index is 0.0534. The van der Waals surface area contributed by atoms with Crippen molar-refractivity contribution >= 4 is 17.3 Å². The van der Waals surface area contributed by atoms with Crippen LogP contribution in [0, 0.1) is 16.0 Å². The summed E-state index contributed by atoms with van der Waals surface area (Å²) in [6, 6.07) is 4.24. The van der Waals surface area contributed by atoms with Gasteiger partial charge in [-0.2, -0.15) is 0 Å². The van der Waals surface area contributed by atoms with Gasteiger partial charge in [0.2, 0.25) is 0 Å². The Bertz CT molecular complexity index is 590. The van der Waals surface area contributed by atoms with Crippen molar-refractivity contribution in [1.82, 2.24) is 0 Å². The van der Waals surface area contributed by atoms with E-state index in [1.807, 2.05) is 13.8 Å². The number of rotatable bonds is 7. The lowest BCUT2D eigenvalue weighted by Gasteiger charge is -2.35. The fraction of sp³-hybridized carbons (Fsp3) is 0.533. The molecule has 0 spiro atoms. The molecule has 0 aromatic heterocycles. The highest BCUT2D eigenvalue weighted by Crippen LogP contribution is 2.38. The fourth-order valence-electron chi connectivity index (χ4n) is 2.39. The Labute approximate surface area is 134 Å². The average Bonchev–Trinajstić information content (AvgIpc) is 2.51. The number of nitro benzene ring substituents is 1. The topological polar surface area (TPSA) is 108 Å². The predicted molar refractivity (Wildman–Crippen MR) is 84.6 cm³/mol. The molecule has 1 aromatic rings. The van der Waals surface area contributed by atoms with Gasteiger partial charge in [-0.1, -0.05) is 13.8 Å². The van der Waals surface area contributed by atoms with Gasteiger partial charge in [-0.3, -0.25) is 14.9 Å². The normalized spacial score (nSPS) is 17.1. The Morgan fingerprint density at radius 1 is 1.43 bits per heavy atom. The van der Waals surface area contributed by atoms with E-state index in [-0.39, 0.29) is 17.5 Å². The summed E-state index contributed by atoms with van der Waals surface area (Å²) < 4.78 is 11.0. The quantitative estimate of drug-likeness (QED) is 0.460. The number of anilines is 1. The van der Waals surface area contributed by atoms with E-state index in [1.165, 1.54) is 18.2 Å². The van der Waals surface area contributed by atoms with Crippen molar-refractivity contribution < 1.29 is 19.2 Å². The molecule has 0 radical (unpaired) electrons. The third-order valence-corrected chi connectivity index (χ3v) is 3.54. The third kappa shape index (κ3) is 3.77. The molecule has 0 saturated carbocycles. The summed E-state index contributed by atoms with van der Waals surface area (Å²) in [5.74, 6) is 0.122. The molecule has 1 unspecified atom stereocenters. The zero-order valence-electron chi connectivity index (χ0n) is 13.2. The lowest BCUT2D eigenvalue weighted by atomic mass is 10.0. The molecule has 23 heavy (non-hydrogen) atoms. The number of fused-ring (bicyclic) bond motifs is 1. The number of carbonyl (C=O) groups excluding carboxylic acids is 1. The van der Waals surface area contributed by atoms with E-state index >= 15 is 0 Å². The molecule has 1 amide bonds. The van der Waals surface area contributed by atoms with Gasteiger partial charge < -0.3 is 20.1 Å². The van der Waals surface area contributed by atoms with Gasteiger partial charge in [-0.15, -0.1) is 0 Å². The van der Waals surface area contributed by atoms with Gasteiger partial charge in [0.15, 0.2) is 11.9 Å². The maximum absolute atomic E-state index is 12.6. The van der Waals surface area contributed by atoms with E-state index in [2.05, 4.69) is 0 Å². The largest absolute Gasteiger partial charge is 0.478 e. The van der Waals surface area contributed by atoms with Crippen molar-refractivity contribution in [3.63, 3.8) is 0 Å². The number of nitro groups is 1. The number of hydrogen-bond acceptors (Lipinski definition) is 6. The molecule has 0 bridgehead atoms. The number of hydrogen-bond donors (Lipinski definition) is 1. The maximum atomic E-state index is 12.6. The van der Waals surface area contributed by atoms with Crippen LogP contribution in [-0.2, 0) is 9.53 Å². The Morgan fingerprint density at radius 2 is 2.17 bits per heavy atom. The smallest absolute Gasteiger partial charge is 0.273 e. The van der Waals surface area contributed by atoms with Crippen LogP contribution in [0.5, 0.6) is 5.75 Å². The summed E-state index contributed by atoms with van der Waals surface area (Å²) in [4.78, 5) is 24.6. The molecule has 1 aromatic carbocycles. The van der Waals surface area contributed by atoms with Gasteiger partial charge >= 0.3 is 0 Å². The summed E-state index contributed by atoms with van der Waals surface area (Å²) in [5, 5.41) is 10.9. The summed E-state index contributed by atoms with van der Waals surface area (Å²) in [7, 11) is 0. The van der Waals surface area contributed by atoms with Gasteiger partial charge in [0.25, 0.3) is 11.6 Å². The first kappa shape index (κ1) is 17.2. The number of amides is 1. The van der Waals surface area contributed by atoms with E-state index in [0.717, 1.165) is 0 Å². The van der Waals surface area contributed by atoms with Crippen molar-refractivity contribution in [2.75, 3.05) is 31.2 Å². The van der Waals surface area contributed by atoms with Gasteiger partial charge in [-0.25, -0.2) is 0 Å². The third-order valence-electron chi connectivity index (χ3n) is 3.54. The molecule has 2 rings (SSSR count). The minimum atomic E-state index is -0.668. The van der Waals surface area contributed by atoms with Crippen molar-refractivity contribution in [3.8, 4) is 5.75 Å². The lowest BCUT2D eigenvalue weighted by molar-refractivity contribution is -0.384. The molecule has 1 atom stereocenters. The lowest BCUT2D eigenvalue weighted by Crippen LogP contribution is -2.49. The van der Waals surface area contributed by atoms with Crippen molar-refractivity contribution in [2.45, 2.75) is 20.0 Å². The number of non-ortho nitro benzene ring substituents is 1. The standard InChI is InChI=1S/C15H21N3O5/c1-10(2)14-15(19)17(6-8-22-7-5-16)12-4-3-11(18(20)21)9-13(12)23-14/h3-4,9-10,14H,5-8,16H2,1-2H3. The maximum Gasteiger partial charge on any atom is 0.273 e. The SMILES string of the molecule is CC(C)C1Oc2cc([N+](=O)[O-])ccc2N(CCOCCN)C1=O. The Hall–Kier alpha value is -2.19. The summed E-state index contributed by atoms with van der Waals surface area (Å²) in [6.45, 7) is 5.25.